The summed E-state index contributed by atoms with van der Waals surface area (Å²) in [6.45, 7) is 2.45. The number of ether oxygens (including phenoxy) is 1. The molecule has 2 N–H and O–H groups in total. The van der Waals surface area contributed by atoms with Crippen molar-refractivity contribution in [3.63, 3.8) is 0 Å². The van der Waals surface area contributed by atoms with Gasteiger partial charge in [0.2, 0.25) is 0 Å². The molecular weight excluding hydrogens is 366 g/mol. The lowest BCUT2D eigenvalue weighted by Crippen LogP contribution is -2.42. The number of carbonyl (C=O) groups is 1. The number of hydrogen-bond acceptors (Lipinski definition) is 4. The van der Waals surface area contributed by atoms with E-state index < -0.39 is 6.10 Å². The van der Waals surface area contributed by atoms with Crippen molar-refractivity contribution >= 4 is 16.8 Å². The van der Waals surface area contributed by atoms with Crippen LogP contribution in [0.1, 0.15) is 11.1 Å². The second-order valence-electron chi connectivity index (χ2n) is 7.62. The molecule has 6 nitrogen and oxygen atoms in total. The van der Waals surface area contributed by atoms with Crippen molar-refractivity contribution in [1.82, 2.24) is 14.8 Å². The van der Waals surface area contributed by atoms with E-state index in [-0.39, 0.29) is 19.1 Å². The summed E-state index contributed by atoms with van der Waals surface area (Å²) in [7, 11) is 1.97. The monoisotopic (exact) mass is 393 g/mol. The Hall–Kier alpha value is -2.83. The molecule has 0 spiro atoms. The summed E-state index contributed by atoms with van der Waals surface area (Å²) < 4.78 is 7.71. The average molecular weight is 393 g/mol. The molecule has 29 heavy (non-hydrogen) atoms. The van der Waals surface area contributed by atoms with Crippen LogP contribution >= 0.6 is 0 Å². The smallest absolute Gasteiger partial charge is 0.258 e. The summed E-state index contributed by atoms with van der Waals surface area (Å²) in [6, 6.07) is 16.2. The normalized spacial score (nSPS) is 15.1. The summed E-state index contributed by atoms with van der Waals surface area (Å²) in [5.74, 6) is 0.451. The Kier molecular flexibility index (Phi) is 5.83. The van der Waals surface area contributed by atoms with Crippen LogP contribution in [0.3, 0.4) is 0 Å². The molecular formula is C23H27N3O3. The first-order valence-corrected chi connectivity index (χ1v) is 10.0. The Morgan fingerprint density at radius 1 is 1.17 bits per heavy atom. The number of aliphatic hydroxyl groups excluding tert-OH is 1. The predicted molar refractivity (Wildman–Crippen MR) is 113 cm³/mol. The first kappa shape index (κ1) is 19.5. The molecule has 3 aromatic rings. The Bertz CT molecular complexity index is 998. The Labute approximate surface area is 170 Å². The highest BCUT2D eigenvalue weighted by Crippen LogP contribution is 2.25. The van der Waals surface area contributed by atoms with Gasteiger partial charge in [-0.2, -0.15) is 0 Å². The SMILES string of the molecule is Cn1ccc2c(OCC(=O)NCC(O)CN3CCc4ccccc4C3)cccc21. The van der Waals surface area contributed by atoms with Crippen LogP contribution in [0.25, 0.3) is 10.9 Å². The second-order valence-corrected chi connectivity index (χ2v) is 7.62. The molecule has 0 aliphatic carbocycles. The van der Waals surface area contributed by atoms with Crippen LogP contribution < -0.4 is 10.1 Å². The van der Waals surface area contributed by atoms with Gasteiger partial charge in [0.25, 0.3) is 5.91 Å². The summed E-state index contributed by atoms with van der Waals surface area (Å²) in [6.07, 6.45) is 2.35. The average Bonchev–Trinajstić information content (AvgIpc) is 3.12. The van der Waals surface area contributed by atoms with E-state index >= 15 is 0 Å². The third-order valence-corrected chi connectivity index (χ3v) is 5.46. The van der Waals surface area contributed by atoms with Gasteiger partial charge >= 0.3 is 0 Å². The topological polar surface area (TPSA) is 66.7 Å². The summed E-state index contributed by atoms with van der Waals surface area (Å²) in [4.78, 5) is 14.4. The molecule has 2 aromatic carbocycles. The van der Waals surface area contributed by atoms with Crippen molar-refractivity contribution in [1.29, 1.82) is 0 Å². The number of amides is 1. The number of β-amino-alcohol motifs (C(OH)–C–C–N with tert-alkyl or cyclic N) is 1. The van der Waals surface area contributed by atoms with E-state index in [1.54, 1.807) is 0 Å². The van der Waals surface area contributed by atoms with E-state index in [0.717, 1.165) is 30.4 Å². The predicted octanol–water partition coefficient (Wildman–Crippen LogP) is 2.09. The van der Waals surface area contributed by atoms with E-state index in [1.165, 1.54) is 11.1 Å². The molecule has 0 bridgehead atoms. The Morgan fingerprint density at radius 3 is 2.86 bits per heavy atom. The van der Waals surface area contributed by atoms with Crippen molar-refractivity contribution in [3.8, 4) is 5.75 Å². The molecule has 1 aromatic heterocycles. The molecule has 6 heteroatoms. The summed E-state index contributed by atoms with van der Waals surface area (Å²) in [5.41, 5.74) is 3.76. The van der Waals surface area contributed by atoms with E-state index in [9.17, 15) is 9.90 Å². The molecule has 1 atom stereocenters. The number of aliphatic hydroxyl groups is 1. The lowest BCUT2D eigenvalue weighted by molar-refractivity contribution is -0.123. The number of carbonyl (C=O) groups excluding carboxylic acids is 1. The zero-order chi connectivity index (χ0) is 20.2. The van der Waals surface area contributed by atoms with Crippen molar-refractivity contribution in [3.05, 3.63) is 65.9 Å². The first-order chi connectivity index (χ1) is 14.1. The van der Waals surface area contributed by atoms with E-state index in [1.807, 2.05) is 42.1 Å². The molecule has 2 heterocycles. The van der Waals surface area contributed by atoms with Gasteiger partial charge in [-0.1, -0.05) is 30.3 Å². The molecule has 4 rings (SSSR count). The minimum Gasteiger partial charge on any atom is -0.483 e. The molecule has 0 saturated carbocycles. The summed E-state index contributed by atoms with van der Waals surface area (Å²) >= 11 is 0. The Balaban J connectivity index is 1.22. The molecule has 1 aliphatic rings. The standard InChI is InChI=1S/C23H27N3O3/c1-25-11-10-20-21(25)7-4-8-22(20)29-16-23(28)24-13-19(27)15-26-12-9-17-5-2-3-6-18(17)14-26/h2-8,10-11,19,27H,9,12-16H2,1H3,(H,24,28). The second kappa shape index (κ2) is 8.68. The zero-order valence-corrected chi connectivity index (χ0v) is 16.7. The molecule has 0 radical (unpaired) electrons. The van der Waals surface area contributed by atoms with Gasteiger partial charge in [-0.05, 0) is 35.7 Å². The van der Waals surface area contributed by atoms with E-state index in [2.05, 4.69) is 34.5 Å². The van der Waals surface area contributed by atoms with Crippen molar-refractivity contribution in [2.24, 2.45) is 7.05 Å². The maximum absolute atomic E-state index is 12.2. The van der Waals surface area contributed by atoms with Gasteiger partial charge in [0.1, 0.15) is 5.75 Å². The fourth-order valence-electron chi connectivity index (χ4n) is 3.90. The van der Waals surface area contributed by atoms with Crippen LogP contribution in [0.5, 0.6) is 5.75 Å². The van der Waals surface area contributed by atoms with Gasteiger partial charge in [-0.3, -0.25) is 9.69 Å². The highest BCUT2D eigenvalue weighted by Gasteiger charge is 2.18. The number of benzene rings is 2. The zero-order valence-electron chi connectivity index (χ0n) is 16.7. The third-order valence-electron chi connectivity index (χ3n) is 5.46. The molecule has 1 unspecified atom stereocenters. The number of nitrogens with zero attached hydrogens (tertiary/aromatic N) is 2. The van der Waals surface area contributed by atoms with Crippen LogP contribution in [-0.2, 0) is 24.8 Å². The van der Waals surface area contributed by atoms with Crippen molar-refractivity contribution in [2.75, 3.05) is 26.2 Å². The maximum Gasteiger partial charge on any atom is 0.258 e. The lowest BCUT2D eigenvalue weighted by Gasteiger charge is -2.30. The number of rotatable bonds is 7. The molecule has 152 valence electrons. The van der Waals surface area contributed by atoms with E-state index in [0.29, 0.717) is 12.3 Å². The van der Waals surface area contributed by atoms with Gasteiger partial charge < -0.3 is 19.7 Å². The van der Waals surface area contributed by atoms with Crippen LogP contribution in [-0.4, -0.2) is 52.8 Å². The highest BCUT2D eigenvalue weighted by molar-refractivity contribution is 5.87. The highest BCUT2D eigenvalue weighted by atomic mass is 16.5. The van der Waals surface area contributed by atoms with Gasteiger partial charge in [0, 0.05) is 44.8 Å². The minimum atomic E-state index is -0.609. The number of nitrogens with one attached hydrogen (secondary N) is 1. The number of fused-ring (bicyclic) bond motifs is 2. The van der Waals surface area contributed by atoms with Gasteiger partial charge in [-0.15, -0.1) is 0 Å². The maximum atomic E-state index is 12.2. The quantitative estimate of drug-likeness (QED) is 0.645. The molecule has 0 saturated heterocycles. The third kappa shape index (κ3) is 4.60. The number of hydrogen-bond donors (Lipinski definition) is 2. The number of aryl methyl sites for hydroxylation is 1. The lowest BCUT2D eigenvalue weighted by atomic mass is 10.00. The first-order valence-electron chi connectivity index (χ1n) is 10.0. The van der Waals surface area contributed by atoms with Crippen LogP contribution in [0, 0.1) is 0 Å². The molecule has 1 amide bonds. The van der Waals surface area contributed by atoms with Gasteiger partial charge in [0.15, 0.2) is 6.61 Å². The fourth-order valence-corrected chi connectivity index (χ4v) is 3.90. The minimum absolute atomic E-state index is 0.0716. The largest absolute Gasteiger partial charge is 0.483 e. The summed E-state index contributed by atoms with van der Waals surface area (Å²) in [5, 5.41) is 14.1. The van der Waals surface area contributed by atoms with Crippen LogP contribution in [0.4, 0.5) is 0 Å². The van der Waals surface area contributed by atoms with Crippen LogP contribution in [0.15, 0.2) is 54.7 Å². The molecule has 0 fully saturated rings. The van der Waals surface area contributed by atoms with Gasteiger partial charge in [-0.25, -0.2) is 0 Å². The Morgan fingerprint density at radius 2 is 2.00 bits per heavy atom. The van der Waals surface area contributed by atoms with Gasteiger partial charge in [0.05, 0.1) is 11.6 Å². The van der Waals surface area contributed by atoms with Crippen LogP contribution in [0.2, 0.25) is 0 Å². The van der Waals surface area contributed by atoms with E-state index in [4.69, 9.17) is 4.74 Å². The van der Waals surface area contributed by atoms with Crippen molar-refractivity contribution < 1.29 is 14.6 Å². The van der Waals surface area contributed by atoms with Crippen molar-refractivity contribution in [2.45, 2.75) is 19.1 Å². The fraction of sp³-hybridized carbons (Fsp3) is 0.348. The molecule has 1 aliphatic heterocycles. The number of aromatic nitrogens is 1.